The summed E-state index contributed by atoms with van der Waals surface area (Å²) in [6, 6.07) is 21.3. The second-order valence-electron chi connectivity index (χ2n) is 8.82. The summed E-state index contributed by atoms with van der Waals surface area (Å²) in [5.74, 6) is 0.211. The van der Waals surface area contributed by atoms with Crippen LogP contribution in [0.5, 0.6) is 0 Å². The molecule has 0 aliphatic heterocycles. The number of allylic oxidation sites excluding steroid dienone is 2. The van der Waals surface area contributed by atoms with Gasteiger partial charge in [0.1, 0.15) is 0 Å². The average molecular weight is 947 g/mol. The van der Waals surface area contributed by atoms with E-state index in [-0.39, 0.29) is 79.0 Å². The molecule has 0 heterocycles. The molecule has 54 heavy (non-hydrogen) atoms. The fraction of sp³-hybridized carbons (Fsp3) is 0.222. The first kappa shape index (κ1) is 98.5. The van der Waals surface area contributed by atoms with Gasteiger partial charge in [0.2, 0.25) is 0 Å². The van der Waals surface area contributed by atoms with E-state index in [9.17, 15) is 0 Å². The van der Waals surface area contributed by atoms with Gasteiger partial charge in [-0.25, -0.2) is 0 Å². The molecule has 0 saturated carbocycles. The van der Waals surface area contributed by atoms with Crippen LogP contribution in [0.1, 0.15) is 23.0 Å². The molecule has 290 valence electrons. The molecule has 2 rings (SSSR count). The Labute approximate surface area is 363 Å². The van der Waals surface area contributed by atoms with Crippen molar-refractivity contribution in [1.82, 2.24) is 0 Å². The van der Waals surface area contributed by atoms with Gasteiger partial charge in [-0.15, -0.1) is 0 Å². The Hall–Kier alpha value is -2.74. The van der Waals surface area contributed by atoms with Gasteiger partial charge in [-0.2, -0.15) is 0 Å². The molecule has 0 bridgehead atoms. The standard InChI is InChI=1S/C24H30Si2.12CO.4Co/c1-25(2,3)19-17-23(21-13-9-7-10-14-21)24(18-20-26(4,5)6)22-15-11-8-12-16-22;12*1-2;;;;/h7-16,23-24H,1-6H3;;;;;;;;;;;;;;;;/t23-,24-;;;;;;;;;;;;;;;;/m0................/s1. The summed E-state index contributed by atoms with van der Waals surface area (Å²) in [6.07, 6.45) is 7.27. The monoisotopic (exact) mass is 946 g/mol. The quantitative estimate of drug-likeness (QED) is 0.172. The van der Waals surface area contributed by atoms with Crippen molar-refractivity contribution in [3.05, 3.63) is 175 Å². The number of hydrogen-bond donors (Lipinski definition) is 0. The van der Waals surface area contributed by atoms with Crippen molar-refractivity contribution >= 4 is 16.1 Å². The van der Waals surface area contributed by atoms with E-state index in [0.717, 1.165) is 0 Å². The van der Waals surface area contributed by atoms with E-state index in [2.05, 4.69) is 203 Å². The van der Waals surface area contributed by atoms with Crippen molar-refractivity contribution in [3.8, 4) is 0 Å². The zero-order valence-corrected chi connectivity index (χ0v) is 35.3. The van der Waals surface area contributed by atoms with Gasteiger partial charge in [-0.05, 0) is 23.3 Å². The van der Waals surface area contributed by atoms with Crippen LogP contribution >= 0.6 is 0 Å². The van der Waals surface area contributed by atoms with E-state index >= 15 is 0 Å². The van der Waals surface area contributed by atoms with Crippen molar-refractivity contribution in [2.75, 3.05) is 0 Å². The number of benzene rings is 2. The van der Waals surface area contributed by atoms with Gasteiger partial charge >= 0.3 is 136 Å². The van der Waals surface area contributed by atoms with Crippen molar-refractivity contribution in [3.63, 3.8) is 0 Å². The van der Waals surface area contributed by atoms with Crippen LogP contribution in [-0.4, -0.2) is 16.1 Å². The molecule has 0 aliphatic carbocycles. The molecule has 0 amide bonds. The molecule has 0 fully saturated rings. The van der Waals surface area contributed by atoms with Crippen molar-refractivity contribution in [2.24, 2.45) is 0 Å². The zero-order chi connectivity index (χ0) is 43.2. The van der Waals surface area contributed by atoms with Crippen LogP contribution in [0, 0.1) is 103 Å². The van der Waals surface area contributed by atoms with E-state index < -0.39 is 16.1 Å². The Balaban J connectivity index is -0.0000000359. The normalized spacial score (nSPS) is 7.89. The predicted octanol–water partition coefficient (Wildman–Crippen LogP) is 6.17. The van der Waals surface area contributed by atoms with Crippen molar-refractivity contribution < 1.29 is 123 Å². The number of rotatable bonds is 7. The maximum absolute atomic E-state index is 7.50. The fourth-order valence-electron chi connectivity index (χ4n) is 2.63. The molecule has 0 aromatic heterocycles. The Kier molecular flexibility index (Phi) is 179. The van der Waals surface area contributed by atoms with Crippen LogP contribution < -0.4 is 0 Å². The molecular formula is C36H30Co4O12Si2. The number of hydrogen-bond acceptors (Lipinski definition) is 0. The maximum atomic E-state index is 7.50. The van der Waals surface area contributed by atoms with Gasteiger partial charge < -0.3 is 0 Å². The minimum Gasteiger partial charge on any atom is 0 e. The summed E-state index contributed by atoms with van der Waals surface area (Å²) >= 11 is 0. The van der Waals surface area contributed by atoms with Gasteiger partial charge in [0.15, 0.2) is 0 Å². The van der Waals surface area contributed by atoms with Crippen LogP contribution in [0.25, 0.3) is 0 Å². The SMILES string of the molecule is C[Si](C)(C)[C]=[C][C@@H](c1ccccc1)[C@@H]([C]=[C][Si](C)(C)C)c1ccccc1.[C-]#[O+].[C-]#[O+].[C-]#[O+].[C-]#[O+].[C-]#[O+].[C-]#[O+].[C-]#[O+].[C-]#[O+].[C-]#[O+].[C-]#[O+].[C-]#[O+].[C-]#[O+].[Co].[Co].[Co].[Co]. The fourth-order valence-corrected chi connectivity index (χ4v) is 3.80. The second kappa shape index (κ2) is 98.1. The summed E-state index contributed by atoms with van der Waals surface area (Å²) in [6.45, 7) is 67.8. The Morgan fingerprint density at radius 1 is 0.333 bits per heavy atom. The van der Waals surface area contributed by atoms with Crippen molar-refractivity contribution in [2.45, 2.75) is 51.1 Å². The van der Waals surface area contributed by atoms with E-state index in [4.69, 9.17) is 55.8 Å². The summed E-state index contributed by atoms with van der Waals surface area (Å²) in [5, 5.41) is 0. The van der Waals surface area contributed by atoms with Crippen LogP contribution in [-0.2, 0) is 123 Å². The Morgan fingerprint density at radius 3 is 0.611 bits per heavy atom. The van der Waals surface area contributed by atoms with Crippen LogP contribution in [0.15, 0.2) is 60.7 Å². The molecule has 12 nitrogen and oxygen atoms in total. The average Bonchev–Trinajstić information content (AvgIpc) is 3.22. The maximum Gasteiger partial charge on any atom is 0 e. The molecule has 18 heteroatoms. The van der Waals surface area contributed by atoms with Crippen LogP contribution in [0.4, 0.5) is 0 Å². The first-order valence-electron chi connectivity index (χ1n) is 11.8. The third-order valence-electron chi connectivity index (χ3n) is 3.86. The minimum atomic E-state index is -1.46. The summed E-state index contributed by atoms with van der Waals surface area (Å²) in [7, 11) is -2.92. The van der Waals surface area contributed by atoms with Gasteiger partial charge in [0.05, 0.1) is 16.1 Å². The predicted molar refractivity (Wildman–Crippen MR) is 165 cm³/mol. The second-order valence-corrected chi connectivity index (χ2v) is 18.3. The molecule has 0 saturated heterocycles. The molecular weight excluding hydrogens is 916 g/mol. The van der Waals surface area contributed by atoms with E-state index in [1.165, 1.54) is 11.1 Å². The molecule has 8 radical (unpaired) electrons. The third-order valence-corrected chi connectivity index (χ3v) is 5.64. The topological polar surface area (TPSA) is 239 Å². The first-order valence-corrected chi connectivity index (χ1v) is 18.8. The third kappa shape index (κ3) is 82.6. The largest absolute Gasteiger partial charge is 0 e. The van der Waals surface area contributed by atoms with E-state index in [1.54, 1.807) is 0 Å². The zero-order valence-electron chi connectivity index (χ0n) is 29.2. The summed E-state index contributed by atoms with van der Waals surface area (Å²) in [4.78, 5) is 0. The Bertz CT molecular complexity index is 1090. The minimum absolute atomic E-state index is 0. The van der Waals surface area contributed by atoms with E-state index in [0.29, 0.717) is 0 Å². The Morgan fingerprint density at radius 2 is 0.481 bits per heavy atom. The van der Waals surface area contributed by atoms with Gasteiger partial charge in [-0.3, -0.25) is 0 Å². The summed E-state index contributed by atoms with van der Waals surface area (Å²) in [5.41, 5.74) is 9.72. The van der Waals surface area contributed by atoms with Gasteiger partial charge in [0, 0.05) is 79.0 Å². The van der Waals surface area contributed by atoms with E-state index in [1.807, 2.05) is 0 Å². The first-order chi connectivity index (χ1) is 24.2. The van der Waals surface area contributed by atoms with Gasteiger partial charge in [-0.1, -0.05) is 111 Å². The molecule has 2 aromatic rings. The molecule has 2 aromatic carbocycles. The van der Waals surface area contributed by atoms with Crippen LogP contribution in [0.3, 0.4) is 0 Å². The molecule has 0 N–H and O–H groups in total. The smallest absolute Gasteiger partial charge is 0 e. The van der Waals surface area contributed by atoms with Gasteiger partial charge in [0.25, 0.3) is 0 Å². The van der Waals surface area contributed by atoms with Crippen LogP contribution in [0.2, 0.25) is 39.3 Å². The molecule has 0 unspecified atom stereocenters. The molecule has 2 atom stereocenters. The van der Waals surface area contributed by atoms with Crippen molar-refractivity contribution in [1.29, 1.82) is 0 Å². The molecule has 0 spiro atoms. The summed E-state index contributed by atoms with van der Waals surface area (Å²) < 4.78 is 90.0. The molecule has 0 aliphatic rings.